The van der Waals surface area contributed by atoms with Crippen LogP contribution in [0.2, 0.25) is 5.02 Å². The average Bonchev–Trinajstić information content (AvgIpc) is 2.29. The van der Waals surface area contributed by atoms with E-state index in [2.05, 4.69) is 31.8 Å². The predicted molar refractivity (Wildman–Crippen MR) is 76.6 cm³/mol. The third-order valence-corrected chi connectivity index (χ3v) is 3.23. The van der Waals surface area contributed by atoms with Gasteiger partial charge in [-0.1, -0.05) is 35.9 Å². The van der Waals surface area contributed by atoms with Crippen LogP contribution in [0.15, 0.2) is 36.9 Å². The lowest BCUT2D eigenvalue weighted by molar-refractivity contribution is 0.446. The summed E-state index contributed by atoms with van der Waals surface area (Å²) in [6.07, 6.45) is 5.14. The van der Waals surface area contributed by atoms with Crippen LogP contribution in [0.1, 0.15) is 32.3 Å². The van der Waals surface area contributed by atoms with E-state index in [0.717, 1.165) is 24.3 Å². The van der Waals surface area contributed by atoms with Crippen molar-refractivity contribution in [2.24, 2.45) is 0 Å². The summed E-state index contributed by atoms with van der Waals surface area (Å²) in [6, 6.07) is 9.01. The van der Waals surface area contributed by atoms with Crippen molar-refractivity contribution in [3.05, 3.63) is 47.5 Å². The Balaban J connectivity index is 2.41. The number of hydrogen-bond acceptors (Lipinski definition) is 1. The van der Waals surface area contributed by atoms with Crippen LogP contribution in [0.4, 0.5) is 0 Å². The number of benzene rings is 1. The highest BCUT2D eigenvalue weighted by Crippen LogP contribution is 2.16. The molecule has 1 aromatic carbocycles. The van der Waals surface area contributed by atoms with E-state index in [1.54, 1.807) is 0 Å². The third kappa shape index (κ3) is 5.38. The van der Waals surface area contributed by atoms with Crippen molar-refractivity contribution in [1.29, 1.82) is 0 Å². The Hall–Kier alpha value is -0.790. The SMILES string of the molecule is C=CCCC(C)NC(C)Cc1ccccc1Cl. The molecule has 17 heavy (non-hydrogen) atoms. The Bertz CT molecular complexity index is 349. The molecular formula is C15H22ClN. The van der Waals surface area contributed by atoms with Crippen molar-refractivity contribution < 1.29 is 0 Å². The largest absolute Gasteiger partial charge is 0.311 e. The molecule has 0 aliphatic carbocycles. The van der Waals surface area contributed by atoms with E-state index in [0.29, 0.717) is 12.1 Å². The Morgan fingerprint density at radius 3 is 2.65 bits per heavy atom. The second-order valence-corrected chi connectivity index (χ2v) is 5.04. The van der Waals surface area contributed by atoms with Crippen LogP contribution in [-0.2, 0) is 6.42 Å². The smallest absolute Gasteiger partial charge is 0.0438 e. The fourth-order valence-corrected chi connectivity index (χ4v) is 2.20. The van der Waals surface area contributed by atoms with Gasteiger partial charge < -0.3 is 5.32 Å². The zero-order valence-corrected chi connectivity index (χ0v) is 11.5. The molecule has 0 radical (unpaired) electrons. The molecular weight excluding hydrogens is 230 g/mol. The highest BCUT2D eigenvalue weighted by Gasteiger charge is 2.09. The van der Waals surface area contributed by atoms with Crippen LogP contribution in [0.5, 0.6) is 0 Å². The number of rotatable bonds is 7. The molecule has 2 atom stereocenters. The summed E-state index contributed by atoms with van der Waals surface area (Å²) in [5, 5.41) is 4.44. The minimum atomic E-state index is 0.440. The van der Waals surface area contributed by atoms with E-state index in [1.165, 1.54) is 5.56 Å². The van der Waals surface area contributed by atoms with E-state index in [-0.39, 0.29) is 0 Å². The van der Waals surface area contributed by atoms with Gasteiger partial charge in [0.05, 0.1) is 0 Å². The van der Waals surface area contributed by atoms with Crippen LogP contribution in [0.3, 0.4) is 0 Å². The monoisotopic (exact) mass is 251 g/mol. The summed E-state index contributed by atoms with van der Waals surface area (Å²) in [7, 11) is 0. The first-order valence-electron chi connectivity index (χ1n) is 6.23. The lowest BCUT2D eigenvalue weighted by Crippen LogP contribution is -2.35. The fourth-order valence-electron chi connectivity index (χ4n) is 1.99. The molecule has 0 aliphatic rings. The van der Waals surface area contributed by atoms with Crippen molar-refractivity contribution in [1.82, 2.24) is 5.32 Å². The Kier molecular flexibility index (Phi) is 6.31. The second-order valence-electron chi connectivity index (χ2n) is 4.63. The summed E-state index contributed by atoms with van der Waals surface area (Å²) in [5.41, 5.74) is 1.21. The Morgan fingerprint density at radius 1 is 1.29 bits per heavy atom. The maximum absolute atomic E-state index is 6.15. The summed E-state index contributed by atoms with van der Waals surface area (Å²) in [6.45, 7) is 8.16. The molecule has 0 amide bonds. The van der Waals surface area contributed by atoms with Gasteiger partial charge in [-0.2, -0.15) is 0 Å². The van der Waals surface area contributed by atoms with E-state index in [1.807, 2.05) is 24.3 Å². The maximum Gasteiger partial charge on any atom is 0.0438 e. The van der Waals surface area contributed by atoms with Crippen molar-refractivity contribution in [2.75, 3.05) is 0 Å². The van der Waals surface area contributed by atoms with Crippen LogP contribution in [0, 0.1) is 0 Å². The first-order chi connectivity index (χ1) is 8.13. The molecule has 2 unspecified atom stereocenters. The van der Waals surface area contributed by atoms with Crippen LogP contribution >= 0.6 is 11.6 Å². The molecule has 0 aliphatic heterocycles. The summed E-state index contributed by atoms with van der Waals surface area (Å²) >= 11 is 6.15. The molecule has 1 nitrogen and oxygen atoms in total. The van der Waals surface area contributed by atoms with Gasteiger partial charge in [-0.05, 0) is 44.7 Å². The van der Waals surface area contributed by atoms with Gasteiger partial charge in [0.2, 0.25) is 0 Å². The highest BCUT2D eigenvalue weighted by molar-refractivity contribution is 6.31. The van der Waals surface area contributed by atoms with Gasteiger partial charge in [0, 0.05) is 17.1 Å². The van der Waals surface area contributed by atoms with Crippen LogP contribution in [-0.4, -0.2) is 12.1 Å². The van der Waals surface area contributed by atoms with Gasteiger partial charge in [0.25, 0.3) is 0 Å². The van der Waals surface area contributed by atoms with Crippen LogP contribution in [0.25, 0.3) is 0 Å². The normalized spacial score (nSPS) is 14.3. The molecule has 0 saturated carbocycles. The van der Waals surface area contributed by atoms with E-state index in [4.69, 9.17) is 11.6 Å². The maximum atomic E-state index is 6.15. The van der Waals surface area contributed by atoms with E-state index < -0.39 is 0 Å². The first-order valence-corrected chi connectivity index (χ1v) is 6.61. The van der Waals surface area contributed by atoms with Crippen molar-refractivity contribution >= 4 is 11.6 Å². The molecule has 2 heteroatoms. The number of nitrogens with one attached hydrogen (secondary N) is 1. The zero-order valence-electron chi connectivity index (χ0n) is 10.7. The molecule has 1 N–H and O–H groups in total. The molecule has 94 valence electrons. The number of hydrogen-bond donors (Lipinski definition) is 1. The number of halogens is 1. The Labute approximate surface area is 110 Å². The third-order valence-electron chi connectivity index (χ3n) is 2.86. The van der Waals surface area contributed by atoms with E-state index in [9.17, 15) is 0 Å². The fraction of sp³-hybridized carbons (Fsp3) is 0.467. The molecule has 0 heterocycles. The van der Waals surface area contributed by atoms with Crippen LogP contribution < -0.4 is 5.32 Å². The molecule has 0 saturated heterocycles. The quantitative estimate of drug-likeness (QED) is 0.716. The van der Waals surface area contributed by atoms with Gasteiger partial charge in [-0.25, -0.2) is 0 Å². The van der Waals surface area contributed by atoms with Crippen molar-refractivity contribution in [2.45, 2.75) is 45.2 Å². The summed E-state index contributed by atoms with van der Waals surface area (Å²) in [4.78, 5) is 0. The molecule has 0 bridgehead atoms. The minimum Gasteiger partial charge on any atom is -0.311 e. The molecule has 0 spiro atoms. The molecule has 0 aromatic heterocycles. The molecule has 1 aromatic rings. The minimum absolute atomic E-state index is 0.440. The highest BCUT2D eigenvalue weighted by atomic mass is 35.5. The topological polar surface area (TPSA) is 12.0 Å². The van der Waals surface area contributed by atoms with Gasteiger partial charge in [-0.3, -0.25) is 0 Å². The summed E-state index contributed by atoms with van der Waals surface area (Å²) in [5.74, 6) is 0. The Morgan fingerprint density at radius 2 is 2.00 bits per heavy atom. The number of allylic oxidation sites excluding steroid dienone is 1. The molecule has 1 rings (SSSR count). The zero-order chi connectivity index (χ0) is 12.7. The van der Waals surface area contributed by atoms with Crippen molar-refractivity contribution in [3.8, 4) is 0 Å². The van der Waals surface area contributed by atoms with Crippen molar-refractivity contribution in [3.63, 3.8) is 0 Å². The molecule has 0 fully saturated rings. The second kappa shape index (κ2) is 7.52. The lowest BCUT2D eigenvalue weighted by atomic mass is 10.1. The summed E-state index contributed by atoms with van der Waals surface area (Å²) < 4.78 is 0. The van der Waals surface area contributed by atoms with Gasteiger partial charge in [-0.15, -0.1) is 6.58 Å². The predicted octanol–water partition coefficient (Wildman–Crippen LogP) is 4.22. The average molecular weight is 252 g/mol. The first kappa shape index (κ1) is 14.3. The lowest BCUT2D eigenvalue weighted by Gasteiger charge is -2.20. The van der Waals surface area contributed by atoms with Gasteiger partial charge in [0.15, 0.2) is 0 Å². The van der Waals surface area contributed by atoms with Gasteiger partial charge in [0.1, 0.15) is 0 Å². The standard InChI is InChI=1S/C15H22ClN/c1-4-5-8-12(2)17-13(3)11-14-9-6-7-10-15(14)16/h4,6-7,9-10,12-13,17H,1,5,8,11H2,2-3H3. The van der Waals surface area contributed by atoms with Gasteiger partial charge >= 0.3 is 0 Å². The van der Waals surface area contributed by atoms with E-state index >= 15 is 0 Å².